The van der Waals surface area contributed by atoms with E-state index in [4.69, 9.17) is 9.72 Å². The van der Waals surface area contributed by atoms with Crippen molar-refractivity contribution >= 4 is 17.6 Å². The summed E-state index contributed by atoms with van der Waals surface area (Å²) < 4.78 is 7.49. The number of imidazole rings is 1. The molecule has 0 saturated carbocycles. The number of ether oxygens (including phenoxy) is 1. The quantitative estimate of drug-likeness (QED) is 0.731. The molecular formula is C21H26N6O2. The van der Waals surface area contributed by atoms with E-state index in [9.17, 15) is 4.79 Å². The summed E-state index contributed by atoms with van der Waals surface area (Å²) in [4.78, 5) is 27.6. The summed E-state index contributed by atoms with van der Waals surface area (Å²) in [7, 11) is 0. The summed E-state index contributed by atoms with van der Waals surface area (Å²) in [5.74, 6) is 0.685. The zero-order valence-electron chi connectivity index (χ0n) is 17.0. The van der Waals surface area contributed by atoms with Gasteiger partial charge in [-0.15, -0.1) is 0 Å². The van der Waals surface area contributed by atoms with Gasteiger partial charge in [0, 0.05) is 25.3 Å². The Morgan fingerprint density at radius 1 is 1.24 bits per heavy atom. The molecule has 0 aromatic carbocycles. The van der Waals surface area contributed by atoms with E-state index < -0.39 is 5.60 Å². The van der Waals surface area contributed by atoms with Crippen LogP contribution in [0.1, 0.15) is 33.6 Å². The van der Waals surface area contributed by atoms with Gasteiger partial charge in [-0.05, 0) is 45.7 Å². The van der Waals surface area contributed by atoms with Crippen LogP contribution in [0.4, 0.5) is 10.6 Å². The zero-order chi connectivity index (χ0) is 20.4. The number of piperidine rings is 1. The number of rotatable bonds is 3. The fourth-order valence-corrected chi connectivity index (χ4v) is 3.48. The van der Waals surface area contributed by atoms with Crippen LogP contribution in [0.3, 0.4) is 0 Å². The molecular weight excluding hydrogens is 368 g/mol. The molecule has 3 aromatic heterocycles. The summed E-state index contributed by atoms with van der Waals surface area (Å²) in [6.45, 7) is 6.93. The molecule has 1 fully saturated rings. The summed E-state index contributed by atoms with van der Waals surface area (Å²) in [6, 6.07) is 5.96. The van der Waals surface area contributed by atoms with E-state index >= 15 is 0 Å². The molecule has 0 radical (unpaired) electrons. The van der Waals surface area contributed by atoms with Gasteiger partial charge in [-0.25, -0.2) is 14.8 Å². The van der Waals surface area contributed by atoms with E-state index in [1.54, 1.807) is 23.5 Å². The maximum atomic E-state index is 12.4. The Bertz CT molecular complexity index is 1010. The van der Waals surface area contributed by atoms with Crippen LogP contribution < -0.4 is 5.32 Å². The predicted molar refractivity (Wildman–Crippen MR) is 111 cm³/mol. The molecule has 1 amide bonds. The number of aromatic nitrogens is 4. The van der Waals surface area contributed by atoms with Crippen molar-refractivity contribution in [3.63, 3.8) is 0 Å². The Morgan fingerprint density at radius 3 is 2.93 bits per heavy atom. The molecule has 8 nitrogen and oxygen atoms in total. The van der Waals surface area contributed by atoms with Crippen LogP contribution in [0.25, 0.3) is 17.0 Å². The number of hydrogen-bond donors (Lipinski definition) is 1. The third-order valence-corrected chi connectivity index (χ3v) is 4.74. The molecule has 4 rings (SSSR count). The largest absolute Gasteiger partial charge is 0.444 e. The minimum atomic E-state index is -0.495. The molecule has 1 aliphatic rings. The topological polar surface area (TPSA) is 84.6 Å². The van der Waals surface area contributed by atoms with Crippen molar-refractivity contribution in [3.05, 3.63) is 43.0 Å². The molecule has 1 atom stereocenters. The van der Waals surface area contributed by atoms with Crippen molar-refractivity contribution in [2.75, 3.05) is 18.4 Å². The molecule has 29 heavy (non-hydrogen) atoms. The molecule has 152 valence electrons. The van der Waals surface area contributed by atoms with E-state index in [2.05, 4.69) is 15.3 Å². The van der Waals surface area contributed by atoms with Gasteiger partial charge in [0.1, 0.15) is 22.8 Å². The van der Waals surface area contributed by atoms with E-state index in [0.29, 0.717) is 18.9 Å². The zero-order valence-corrected chi connectivity index (χ0v) is 17.0. The minimum Gasteiger partial charge on any atom is -0.444 e. The lowest BCUT2D eigenvalue weighted by atomic mass is 10.1. The van der Waals surface area contributed by atoms with Gasteiger partial charge in [-0.3, -0.25) is 9.38 Å². The normalized spacial score (nSPS) is 17.3. The second-order valence-electron chi connectivity index (χ2n) is 8.27. The highest BCUT2D eigenvalue weighted by atomic mass is 16.6. The van der Waals surface area contributed by atoms with Gasteiger partial charge in [-0.2, -0.15) is 0 Å². The minimum absolute atomic E-state index is 0.100. The first-order valence-electron chi connectivity index (χ1n) is 9.88. The second-order valence-corrected chi connectivity index (χ2v) is 8.27. The van der Waals surface area contributed by atoms with Crippen molar-refractivity contribution < 1.29 is 9.53 Å². The number of pyridine rings is 1. The van der Waals surface area contributed by atoms with Crippen LogP contribution in [0, 0.1) is 0 Å². The lowest BCUT2D eigenvalue weighted by molar-refractivity contribution is 0.0206. The van der Waals surface area contributed by atoms with Gasteiger partial charge < -0.3 is 15.0 Å². The lowest BCUT2D eigenvalue weighted by Gasteiger charge is -2.34. The Morgan fingerprint density at radius 2 is 2.10 bits per heavy atom. The molecule has 3 aromatic rings. The summed E-state index contributed by atoms with van der Waals surface area (Å²) >= 11 is 0. The predicted octanol–water partition coefficient (Wildman–Crippen LogP) is 3.60. The van der Waals surface area contributed by atoms with Crippen LogP contribution in [-0.2, 0) is 4.74 Å². The fourth-order valence-electron chi connectivity index (χ4n) is 3.48. The first-order valence-corrected chi connectivity index (χ1v) is 9.88. The molecule has 0 spiro atoms. The fraction of sp³-hybridized carbons (Fsp3) is 0.429. The number of amides is 1. The maximum Gasteiger partial charge on any atom is 0.410 e. The molecule has 0 aliphatic carbocycles. The third kappa shape index (κ3) is 4.47. The van der Waals surface area contributed by atoms with Gasteiger partial charge in [0.15, 0.2) is 0 Å². The van der Waals surface area contributed by atoms with Gasteiger partial charge in [0.2, 0.25) is 0 Å². The Balaban J connectivity index is 1.47. The van der Waals surface area contributed by atoms with Gasteiger partial charge in [0.25, 0.3) is 0 Å². The monoisotopic (exact) mass is 394 g/mol. The van der Waals surface area contributed by atoms with Crippen LogP contribution >= 0.6 is 0 Å². The van der Waals surface area contributed by atoms with Crippen LogP contribution in [0.15, 0.2) is 43.0 Å². The maximum absolute atomic E-state index is 12.4. The number of anilines is 1. The SMILES string of the molecule is CC(C)(C)OC(=O)N1CCC[C@H](Nc2cncc(-c3cnc4ccccn34)n2)C1. The number of carbonyl (C=O) groups is 1. The first-order chi connectivity index (χ1) is 13.9. The number of hydrogen-bond acceptors (Lipinski definition) is 6. The highest BCUT2D eigenvalue weighted by Crippen LogP contribution is 2.21. The van der Waals surface area contributed by atoms with Gasteiger partial charge in [-0.1, -0.05) is 6.07 Å². The first kappa shape index (κ1) is 19.2. The van der Waals surface area contributed by atoms with Crippen molar-refractivity contribution in [1.29, 1.82) is 0 Å². The Hall–Kier alpha value is -3.16. The number of nitrogens with zero attached hydrogens (tertiary/aromatic N) is 5. The van der Waals surface area contributed by atoms with Crippen molar-refractivity contribution in [2.24, 2.45) is 0 Å². The molecule has 4 heterocycles. The standard InChI is InChI=1S/C21H26N6O2/c1-21(2,3)29-20(28)26-9-6-7-15(14-26)24-18-13-22-11-16(25-18)17-12-23-19-8-4-5-10-27(17)19/h4-5,8,10-13,15H,6-7,9,14H2,1-3H3,(H,24,25)/t15-/m0/s1. The van der Waals surface area contributed by atoms with Crippen molar-refractivity contribution in [2.45, 2.75) is 45.3 Å². The Kier molecular flexibility index (Phi) is 5.08. The summed E-state index contributed by atoms with van der Waals surface area (Å²) in [6.07, 6.45) is 8.80. The number of likely N-dealkylation sites (tertiary alicyclic amines) is 1. The highest BCUT2D eigenvalue weighted by molar-refractivity contribution is 5.68. The van der Waals surface area contributed by atoms with E-state index in [0.717, 1.165) is 29.9 Å². The van der Waals surface area contributed by atoms with Gasteiger partial charge in [0.05, 0.1) is 24.3 Å². The summed E-state index contributed by atoms with van der Waals surface area (Å²) in [5.41, 5.74) is 2.00. The highest BCUT2D eigenvalue weighted by Gasteiger charge is 2.27. The lowest BCUT2D eigenvalue weighted by Crippen LogP contribution is -2.47. The number of nitrogens with one attached hydrogen (secondary N) is 1. The molecule has 0 unspecified atom stereocenters. The average Bonchev–Trinajstić information content (AvgIpc) is 3.11. The van der Waals surface area contributed by atoms with Gasteiger partial charge >= 0.3 is 6.09 Å². The molecule has 8 heteroatoms. The number of carbonyl (C=O) groups excluding carboxylic acids is 1. The van der Waals surface area contributed by atoms with Crippen molar-refractivity contribution in [3.8, 4) is 11.4 Å². The van der Waals surface area contributed by atoms with Crippen LogP contribution in [-0.4, -0.2) is 55.1 Å². The van der Waals surface area contributed by atoms with Crippen LogP contribution in [0.5, 0.6) is 0 Å². The molecule has 1 N–H and O–H groups in total. The average molecular weight is 394 g/mol. The van der Waals surface area contributed by atoms with E-state index in [1.807, 2.05) is 49.6 Å². The summed E-state index contributed by atoms with van der Waals surface area (Å²) in [5, 5.41) is 3.43. The number of fused-ring (bicyclic) bond motifs is 1. The molecule has 1 saturated heterocycles. The van der Waals surface area contributed by atoms with Crippen LogP contribution in [0.2, 0.25) is 0 Å². The Labute approximate surface area is 169 Å². The van der Waals surface area contributed by atoms with E-state index in [-0.39, 0.29) is 12.1 Å². The van der Waals surface area contributed by atoms with Crippen molar-refractivity contribution in [1.82, 2.24) is 24.3 Å². The molecule has 1 aliphatic heterocycles. The van der Waals surface area contributed by atoms with E-state index in [1.165, 1.54) is 0 Å². The molecule has 0 bridgehead atoms. The smallest absolute Gasteiger partial charge is 0.410 e. The third-order valence-electron chi connectivity index (χ3n) is 4.74. The second kappa shape index (κ2) is 7.69.